The zero-order valence-electron chi connectivity index (χ0n) is 14.0. The van der Waals surface area contributed by atoms with E-state index in [0.29, 0.717) is 12.1 Å². The van der Waals surface area contributed by atoms with Crippen LogP contribution in [0.25, 0.3) is 10.9 Å². The van der Waals surface area contributed by atoms with Crippen LogP contribution in [0.5, 0.6) is 0 Å². The number of rotatable bonds is 5. The molecule has 23 heavy (non-hydrogen) atoms. The summed E-state index contributed by atoms with van der Waals surface area (Å²) in [5, 5.41) is 4.66. The molecule has 2 heterocycles. The zero-order valence-corrected chi connectivity index (χ0v) is 14.0. The molecule has 3 nitrogen and oxygen atoms in total. The van der Waals surface area contributed by atoms with Crippen molar-refractivity contribution in [1.29, 1.82) is 0 Å². The fourth-order valence-corrected chi connectivity index (χ4v) is 3.43. The third-order valence-corrected chi connectivity index (χ3v) is 4.80. The molecular formula is C19H26FN3. The van der Waals surface area contributed by atoms with Crippen LogP contribution in [0.15, 0.2) is 36.7 Å². The van der Waals surface area contributed by atoms with Gasteiger partial charge in [0.15, 0.2) is 0 Å². The molecule has 0 aliphatic carbocycles. The predicted octanol–water partition coefficient (Wildman–Crippen LogP) is 3.83. The van der Waals surface area contributed by atoms with Crippen LogP contribution in [-0.2, 0) is 6.42 Å². The molecule has 0 spiro atoms. The van der Waals surface area contributed by atoms with E-state index in [1.807, 2.05) is 12.3 Å². The number of allylic oxidation sites excluding steroid dienone is 1. The Kier molecular flexibility index (Phi) is 4.71. The Morgan fingerprint density at radius 2 is 2.13 bits per heavy atom. The van der Waals surface area contributed by atoms with Crippen LogP contribution < -0.4 is 5.32 Å². The lowest BCUT2D eigenvalue weighted by atomic mass is 10.0. The fourth-order valence-electron chi connectivity index (χ4n) is 3.43. The quantitative estimate of drug-likeness (QED) is 0.879. The van der Waals surface area contributed by atoms with Gasteiger partial charge in [0.05, 0.1) is 0 Å². The van der Waals surface area contributed by atoms with Gasteiger partial charge in [-0.15, -0.1) is 0 Å². The highest BCUT2D eigenvalue weighted by molar-refractivity contribution is 5.83. The molecule has 0 amide bonds. The second-order valence-electron chi connectivity index (χ2n) is 6.83. The molecule has 1 aromatic heterocycles. The predicted molar refractivity (Wildman–Crippen MR) is 94.0 cm³/mol. The van der Waals surface area contributed by atoms with Crippen molar-refractivity contribution in [3.05, 3.63) is 48.1 Å². The van der Waals surface area contributed by atoms with Crippen molar-refractivity contribution >= 4 is 10.9 Å². The van der Waals surface area contributed by atoms with Gasteiger partial charge in [-0.2, -0.15) is 0 Å². The molecular weight excluding hydrogens is 289 g/mol. The van der Waals surface area contributed by atoms with E-state index >= 15 is 0 Å². The first-order valence-electron chi connectivity index (χ1n) is 8.47. The molecule has 4 heteroatoms. The number of nitrogens with one attached hydrogen (secondary N) is 2. The maximum absolute atomic E-state index is 13.3. The summed E-state index contributed by atoms with van der Waals surface area (Å²) < 4.78 is 13.3. The highest BCUT2D eigenvalue weighted by Crippen LogP contribution is 2.22. The summed E-state index contributed by atoms with van der Waals surface area (Å²) >= 11 is 0. The second kappa shape index (κ2) is 6.75. The maximum Gasteiger partial charge on any atom is 0.125 e. The topological polar surface area (TPSA) is 31.1 Å². The molecule has 0 bridgehead atoms. The summed E-state index contributed by atoms with van der Waals surface area (Å²) in [5.74, 6) is -0.209. The molecule has 1 aromatic carbocycles. The minimum atomic E-state index is -0.209. The zero-order chi connectivity index (χ0) is 16.4. The van der Waals surface area contributed by atoms with Crippen LogP contribution in [0, 0.1) is 5.82 Å². The van der Waals surface area contributed by atoms with Gasteiger partial charge in [-0.25, -0.2) is 4.39 Å². The number of benzene rings is 1. The first-order valence-corrected chi connectivity index (χ1v) is 8.47. The molecule has 1 saturated heterocycles. The fraction of sp³-hybridized carbons (Fsp3) is 0.474. The Hall–Kier alpha value is -1.81. The summed E-state index contributed by atoms with van der Waals surface area (Å²) in [4.78, 5) is 5.66. The molecule has 2 aromatic rings. The lowest BCUT2D eigenvalue weighted by Gasteiger charge is -2.35. The molecule has 0 radical (unpaired) electrons. The van der Waals surface area contributed by atoms with Crippen molar-refractivity contribution in [2.45, 2.75) is 45.2 Å². The third-order valence-electron chi connectivity index (χ3n) is 4.80. The lowest BCUT2D eigenvalue weighted by molar-refractivity contribution is 0.164. The first kappa shape index (κ1) is 16.1. The second-order valence-corrected chi connectivity index (χ2v) is 6.83. The van der Waals surface area contributed by atoms with Crippen molar-refractivity contribution < 1.29 is 4.39 Å². The Morgan fingerprint density at radius 3 is 2.83 bits per heavy atom. The summed E-state index contributed by atoms with van der Waals surface area (Å²) in [6, 6.07) is 6.03. The first-order chi connectivity index (χ1) is 11.0. The van der Waals surface area contributed by atoms with Crippen LogP contribution in [0.2, 0.25) is 0 Å². The van der Waals surface area contributed by atoms with Crippen molar-refractivity contribution in [1.82, 2.24) is 15.2 Å². The number of hydrogen-bond donors (Lipinski definition) is 2. The van der Waals surface area contributed by atoms with E-state index in [-0.39, 0.29) is 5.82 Å². The summed E-state index contributed by atoms with van der Waals surface area (Å²) in [7, 11) is 0. The number of H-pyrrole nitrogens is 1. The monoisotopic (exact) mass is 315 g/mol. The molecule has 1 aliphatic heterocycles. The molecule has 2 N–H and O–H groups in total. The lowest BCUT2D eigenvalue weighted by Crippen LogP contribution is -2.44. The van der Waals surface area contributed by atoms with Crippen LogP contribution in [0.1, 0.15) is 32.3 Å². The van der Waals surface area contributed by atoms with Gasteiger partial charge in [0, 0.05) is 54.4 Å². The standard InChI is InChI=1S/C19H26FN3/c1-13(2)23-8-6-17(7-9-23)22-14(3)10-15-12-21-19-11-16(20)4-5-18(15)19/h4-5,11-13,17,21-22H,3,6-10H2,1-2H3. The van der Waals surface area contributed by atoms with Gasteiger partial charge in [-0.05, 0) is 50.5 Å². The molecule has 1 aliphatic rings. The number of aromatic nitrogens is 1. The van der Waals surface area contributed by atoms with E-state index in [0.717, 1.165) is 54.5 Å². The number of piperidine rings is 1. The Balaban J connectivity index is 1.57. The summed E-state index contributed by atoms with van der Waals surface area (Å²) in [5.41, 5.74) is 3.05. The highest BCUT2D eigenvalue weighted by atomic mass is 19.1. The molecule has 0 atom stereocenters. The van der Waals surface area contributed by atoms with Gasteiger partial charge in [-0.1, -0.05) is 6.58 Å². The van der Waals surface area contributed by atoms with Crippen LogP contribution in [0.3, 0.4) is 0 Å². The largest absolute Gasteiger partial charge is 0.386 e. The molecule has 3 rings (SSSR count). The van der Waals surface area contributed by atoms with E-state index in [1.165, 1.54) is 12.1 Å². The summed E-state index contributed by atoms with van der Waals surface area (Å²) in [6.07, 6.45) is 5.06. The van der Waals surface area contributed by atoms with E-state index in [4.69, 9.17) is 0 Å². The van der Waals surface area contributed by atoms with E-state index in [1.54, 1.807) is 0 Å². The highest BCUT2D eigenvalue weighted by Gasteiger charge is 2.20. The molecule has 0 unspecified atom stereocenters. The average molecular weight is 315 g/mol. The molecule has 124 valence electrons. The third kappa shape index (κ3) is 3.75. The minimum Gasteiger partial charge on any atom is -0.386 e. The van der Waals surface area contributed by atoms with Crippen LogP contribution in [-0.4, -0.2) is 35.1 Å². The number of likely N-dealkylation sites (tertiary alicyclic amines) is 1. The van der Waals surface area contributed by atoms with E-state index in [9.17, 15) is 4.39 Å². The summed E-state index contributed by atoms with van der Waals surface area (Å²) in [6.45, 7) is 11.0. The van der Waals surface area contributed by atoms with Gasteiger partial charge < -0.3 is 15.2 Å². The Labute approximate surface area is 137 Å². The number of halogens is 1. The maximum atomic E-state index is 13.3. The number of fused-ring (bicyclic) bond motifs is 1. The Morgan fingerprint density at radius 1 is 1.39 bits per heavy atom. The van der Waals surface area contributed by atoms with Gasteiger partial charge in [0.25, 0.3) is 0 Å². The molecule has 1 fully saturated rings. The average Bonchev–Trinajstić information content (AvgIpc) is 2.89. The van der Waals surface area contributed by atoms with Crippen molar-refractivity contribution in [3.8, 4) is 0 Å². The van der Waals surface area contributed by atoms with Gasteiger partial charge >= 0.3 is 0 Å². The van der Waals surface area contributed by atoms with Gasteiger partial charge in [0.1, 0.15) is 5.82 Å². The smallest absolute Gasteiger partial charge is 0.125 e. The van der Waals surface area contributed by atoms with Crippen molar-refractivity contribution in [2.24, 2.45) is 0 Å². The van der Waals surface area contributed by atoms with Crippen LogP contribution in [0.4, 0.5) is 4.39 Å². The Bertz CT molecular complexity index is 681. The minimum absolute atomic E-state index is 0.209. The SMILES string of the molecule is C=C(Cc1c[nH]c2cc(F)ccc12)NC1CCN(C(C)C)CC1. The normalized spacial score (nSPS) is 17.0. The van der Waals surface area contributed by atoms with Gasteiger partial charge in [-0.3, -0.25) is 0 Å². The number of nitrogens with zero attached hydrogens (tertiary/aromatic N) is 1. The van der Waals surface area contributed by atoms with Gasteiger partial charge in [0.2, 0.25) is 0 Å². The van der Waals surface area contributed by atoms with E-state index in [2.05, 4.69) is 35.6 Å². The van der Waals surface area contributed by atoms with E-state index < -0.39 is 0 Å². The van der Waals surface area contributed by atoms with Crippen LogP contribution >= 0.6 is 0 Å². The molecule has 0 saturated carbocycles. The van der Waals surface area contributed by atoms with Crippen molar-refractivity contribution in [2.75, 3.05) is 13.1 Å². The number of hydrogen-bond acceptors (Lipinski definition) is 2. The van der Waals surface area contributed by atoms with Crippen molar-refractivity contribution in [3.63, 3.8) is 0 Å². The number of aromatic amines is 1.